The molecule has 1 N–H and O–H groups in total. The predicted molar refractivity (Wildman–Crippen MR) is 107 cm³/mol. The van der Waals surface area contributed by atoms with Crippen molar-refractivity contribution >= 4 is 23.2 Å². The summed E-state index contributed by atoms with van der Waals surface area (Å²) in [4.78, 5) is 26.4. The van der Waals surface area contributed by atoms with Gasteiger partial charge in [-0.15, -0.1) is 5.10 Å². The number of nitrogens with zero attached hydrogens (tertiary/aromatic N) is 4. The largest absolute Gasteiger partial charge is 0.321 e. The van der Waals surface area contributed by atoms with E-state index in [2.05, 4.69) is 15.6 Å². The first-order valence-electron chi connectivity index (χ1n) is 9.17. The number of hydrogen-bond donors (Lipinski definition) is 1. The molecular weight excluding hydrogens is 354 g/mol. The summed E-state index contributed by atoms with van der Waals surface area (Å²) in [6.45, 7) is 5.40. The SMILES string of the molecule is CC(=O)N1c2ccc(NC(=O)c3nnn(-c4ccccc4)c3C)cc2CC1C. The van der Waals surface area contributed by atoms with Crippen LogP contribution in [0.5, 0.6) is 0 Å². The van der Waals surface area contributed by atoms with Gasteiger partial charge in [0.05, 0.1) is 11.4 Å². The van der Waals surface area contributed by atoms with Gasteiger partial charge in [0.1, 0.15) is 0 Å². The molecule has 1 atom stereocenters. The number of fused-ring (bicyclic) bond motifs is 1. The molecule has 2 aromatic carbocycles. The molecule has 28 heavy (non-hydrogen) atoms. The summed E-state index contributed by atoms with van der Waals surface area (Å²) in [5, 5.41) is 11.1. The number of para-hydroxylation sites is 1. The number of benzene rings is 2. The molecule has 0 spiro atoms. The number of nitrogens with one attached hydrogen (secondary N) is 1. The molecule has 1 aliphatic rings. The number of carbonyl (C=O) groups is 2. The Hall–Kier alpha value is -3.48. The van der Waals surface area contributed by atoms with Gasteiger partial charge in [0.25, 0.3) is 5.91 Å². The number of carbonyl (C=O) groups excluding carboxylic acids is 2. The van der Waals surface area contributed by atoms with Crippen LogP contribution in [0.25, 0.3) is 5.69 Å². The van der Waals surface area contributed by atoms with Crippen LogP contribution in [0.4, 0.5) is 11.4 Å². The lowest BCUT2D eigenvalue weighted by Crippen LogP contribution is -2.33. The summed E-state index contributed by atoms with van der Waals surface area (Å²) >= 11 is 0. The first kappa shape index (κ1) is 17.9. The Kier molecular flexibility index (Phi) is 4.43. The van der Waals surface area contributed by atoms with Gasteiger partial charge >= 0.3 is 0 Å². The molecule has 0 bridgehead atoms. The van der Waals surface area contributed by atoms with Crippen LogP contribution in [0.1, 0.15) is 35.6 Å². The fraction of sp³-hybridized carbons (Fsp3) is 0.238. The Morgan fingerprint density at radius 2 is 1.89 bits per heavy atom. The average Bonchev–Trinajstić information content (AvgIpc) is 3.21. The lowest BCUT2D eigenvalue weighted by Gasteiger charge is -2.20. The molecular formula is C21H21N5O2. The minimum absolute atomic E-state index is 0.0242. The van der Waals surface area contributed by atoms with Crippen molar-refractivity contribution in [2.24, 2.45) is 0 Å². The molecule has 2 amide bonds. The Labute approximate surface area is 163 Å². The maximum absolute atomic E-state index is 12.7. The van der Waals surface area contributed by atoms with Gasteiger partial charge in [0, 0.05) is 24.3 Å². The van der Waals surface area contributed by atoms with E-state index in [0.717, 1.165) is 23.4 Å². The zero-order valence-corrected chi connectivity index (χ0v) is 16.0. The zero-order valence-electron chi connectivity index (χ0n) is 16.0. The van der Waals surface area contributed by atoms with Crippen molar-refractivity contribution in [2.75, 3.05) is 10.2 Å². The number of anilines is 2. The van der Waals surface area contributed by atoms with Crippen LogP contribution < -0.4 is 10.2 Å². The molecule has 7 nitrogen and oxygen atoms in total. The van der Waals surface area contributed by atoms with Gasteiger partial charge in [-0.3, -0.25) is 9.59 Å². The van der Waals surface area contributed by atoms with Crippen LogP contribution in [0.15, 0.2) is 48.5 Å². The topological polar surface area (TPSA) is 80.1 Å². The van der Waals surface area contributed by atoms with Gasteiger partial charge in [0.15, 0.2) is 5.69 Å². The van der Waals surface area contributed by atoms with E-state index >= 15 is 0 Å². The summed E-state index contributed by atoms with van der Waals surface area (Å²) in [5.74, 6) is -0.287. The minimum Gasteiger partial charge on any atom is -0.321 e. The molecule has 1 aromatic heterocycles. The van der Waals surface area contributed by atoms with Crippen molar-refractivity contribution in [3.05, 3.63) is 65.5 Å². The van der Waals surface area contributed by atoms with E-state index in [9.17, 15) is 9.59 Å². The van der Waals surface area contributed by atoms with E-state index in [-0.39, 0.29) is 23.6 Å². The van der Waals surface area contributed by atoms with Crippen LogP contribution in [0.2, 0.25) is 0 Å². The molecule has 2 heterocycles. The second-order valence-corrected chi connectivity index (χ2v) is 7.01. The molecule has 0 saturated heterocycles. The van der Waals surface area contributed by atoms with E-state index in [1.165, 1.54) is 0 Å². The molecule has 7 heteroatoms. The molecule has 4 rings (SSSR count). The summed E-state index contributed by atoms with van der Waals surface area (Å²) in [6.07, 6.45) is 0.766. The first-order chi connectivity index (χ1) is 13.5. The van der Waals surface area contributed by atoms with Crippen molar-refractivity contribution in [3.8, 4) is 5.69 Å². The second kappa shape index (κ2) is 6.92. The number of aromatic nitrogens is 3. The standard InChI is InChI=1S/C21H21N5O2/c1-13-11-16-12-17(9-10-19(16)25(13)15(3)27)22-21(28)20-14(2)26(24-23-20)18-7-5-4-6-8-18/h4-10,12-13H,11H2,1-3H3,(H,22,28). The highest BCUT2D eigenvalue weighted by Gasteiger charge is 2.29. The third-order valence-electron chi connectivity index (χ3n) is 5.00. The molecule has 3 aromatic rings. The Morgan fingerprint density at radius 3 is 2.61 bits per heavy atom. The van der Waals surface area contributed by atoms with Crippen LogP contribution in [-0.2, 0) is 11.2 Å². The monoisotopic (exact) mass is 375 g/mol. The van der Waals surface area contributed by atoms with E-state index in [4.69, 9.17) is 0 Å². The van der Waals surface area contributed by atoms with Gasteiger partial charge in [-0.05, 0) is 56.2 Å². The van der Waals surface area contributed by atoms with E-state index in [1.54, 1.807) is 16.5 Å². The summed E-state index contributed by atoms with van der Waals surface area (Å²) in [7, 11) is 0. The highest BCUT2D eigenvalue weighted by Crippen LogP contribution is 2.34. The summed E-state index contributed by atoms with van der Waals surface area (Å²) in [6, 6.07) is 15.3. The third-order valence-corrected chi connectivity index (χ3v) is 5.00. The van der Waals surface area contributed by atoms with E-state index < -0.39 is 0 Å². The van der Waals surface area contributed by atoms with Gasteiger partial charge in [-0.2, -0.15) is 0 Å². The van der Waals surface area contributed by atoms with E-state index in [0.29, 0.717) is 11.4 Å². The Bertz CT molecular complexity index is 1060. The van der Waals surface area contributed by atoms with Crippen molar-refractivity contribution in [2.45, 2.75) is 33.2 Å². The van der Waals surface area contributed by atoms with Crippen LogP contribution in [0.3, 0.4) is 0 Å². The molecule has 142 valence electrons. The van der Waals surface area contributed by atoms with Crippen molar-refractivity contribution in [3.63, 3.8) is 0 Å². The van der Waals surface area contributed by atoms with Crippen molar-refractivity contribution < 1.29 is 9.59 Å². The van der Waals surface area contributed by atoms with E-state index in [1.807, 2.05) is 62.4 Å². The average molecular weight is 375 g/mol. The molecule has 1 aliphatic heterocycles. The lowest BCUT2D eigenvalue weighted by atomic mass is 10.1. The predicted octanol–water partition coefficient (Wildman–Crippen LogP) is 3.13. The van der Waals surface area contributed by atoms with Crippen LogP contribution in [-0.4, -0.2) is 32.9 Å². The normalized spacial score (nSPS) is 15.4. The third kappa shape index (κ3) is 3.05. The number of rotatable bonds is 3. The Balaban J connectivity index is 1.57. The smallest absolute Gasteiger partial charge is 0.278 e. The molecule has 0 radical (unpaired) electrons. The summed E-state index contributed by atoms with van der Waals surface area (Å²) < 4.78 is 1.64. The van der Waals surface area contributed by atoms with Crippen molar-refractivity contribution in [1.82, 2.24) is 15.0 Å². The van der Waals surface area contributed by atoms with Gasteiger partial charge in [0.2, 0.25) is 5.91 Å². The fourth-order valence-electron chi connectivity index (χ4n) is 3.73. The summed E-state index contributed by atoms with van der Waals surface area (Å²) in [5.41, 5.74) is 4.43. The highest BCUT2D eigenvalue weighted by molar-refractivity contribution is 6.04. The number of hydrogen-bond acceptors (Lipinski definition) is 4. The van der Waals surface area contributed by atoms with Crippen LogP contribution in [0, 0.1) is 6.92 Å². The quantitative estimate of drug-likeness (QED) is 0.763. The number of amides is 2. The maximum atomic E-state index is 12.7. The first-order valence-corrected chi connectivity index (χ1v) is 9.17. The van der Waals surface area contributed by atoms with Gasteiger partial charge in [-0.1, -0.05) is 23.4 Å². The molecule has 0 fully saturated rings. The Morgan fingerprint density at radius 1 is 1.14 bits per heavy atom. The molecule has 0 aliphatic carbocycles. The fourth-order valence-corrected chi connectivity index (χ4v) is 3.73. The molecule has 0 saturated carbocycles. The highest BCUT2D eigenvalue weighted by atomic mass is 16.2. The van der Waals surface area contributed by atoms with Crippen molar-refractivity contribution in [1.29, 1.82) is 0 Å². The second-order valence-electron chi connectivity index (χ2n) is 7.01. The lowest BCUT2D eigenvalue weighted by molar-refractivity contribution is -0.116. The zero-order chi connectivity index (χ0) is 19.8. The van der Waals surface area contributed by atoms with Gasteiger partial charge in [-0.25, -0.2) is 4.68 Å². The molecule has 1 unspecified atom stereocenters. The maximum Gasteiger partial charge on any atom is 0.278 e. The van der Waals surface area contributed by atoms with Gasteiger partial charge < -0.3 is 10.2 Å². The minimum atomic E-state index is -0.311. The van der Waals surface area contributed by atoms with Crippen LogP contribution >= 0.6 is 0 Å².